The molecule has 0 amide bonds. The molecular formula is C14H21NO2S. The van der Waals surface area contributed by atoms with Crippen LogP contribution in [0.2, 0.25) is 0 Å². The Labute approximate surface area is 110 Å². The zero-order chi connectivity index (χ0) is 13.3. The molecule has 3 nitrogen and oxygen atoms in total. The van der Waals surface area contributed by atoms with Crippen LogP contribution < -0.4 is 0 Å². The molecule has 0 N–H and O–H groups in total. The summed E-state index contributed by atoms with van der Waals surface area (Å²) in [6, 6.07) is 5.74. The van der Waals surface area contributed by atoms with Gasteiger partial charge in [0.05, 0.1) is 4.90 Å². The van der Waals surface area contributed by atoms with Crippen molar-refractivity contribution < 1.29 is 8.42 Å². The Bertz CT molecular complexity index is 537. The van der Waals surface area contributed by atoms with Crippen LogP contribution in [0, 0.1) is 13.8 Å². The summed E-state index contributed by atoms with van der Waals surface area (Å²) in [6.07, 6.45) is 3.05. The van der Waals surface area contributed by atoms with Gasteiger partial charge in [0.25, 0.3) is 0 Å². The molecule has 0 spiro atoms. The molecule has 4 heteroatoms. The molecule has 0 radical (unpaired) electrons. The molecule has 1 aliphatic heterocycles. The van der Waals surface area contributed by atoms with E-state index in [9.17, 15) is 8.42 Å². The number of piperidine rings is 1. The largest absolute Gasteiger partial charge is 0.243 e. The van der Waals surface area contributed by atoms with E-state index in [0.717, 1.165) is 30.4 Å². The van der Waals surface area contributed by atoms with Crippen molar-refractivity contribution in [1.29, 1.82) is 0 Å². The lowest BCUT2D eigenvalue weighted by Gasteiger charge is -2.32. The van der Waals surface area contributed by atoms with Gasteiger partial charge in [-0.25, -0.2) is 8.42 Å². The molecule has 1 saturated heterocycles. The molecule has 1 heterocycles. The molecular weight excluding hydrogens is 246 g/mol. The van der Waals surface area contributed by atoms with Gasteiger partial charge in [-0.3, -0.25) is 0 Å². The minimum absolute atomic E-state index is 0.115. The lowest BCUT2D eigenvalue weighted by Crippen LogP contribution is -2.42. The molecule has 1 aliphatic rings. The Morgan fingerprint density at radius 1 is 1.22 bits per heavy atom. The number of benzene rings is 1. The van der Waals surface area contributed by atoms with E-state index in [1.54, 1.807) is 10.4 Å². The highest BCUT2D eigenvalue weighted by atomic mass is 32.2. The van der Waals surface area contributed by atoms with Gasteiger partial charge in [0.15, 0.2) is 0 Å². The second kappa shape index (κ2) is 5.02. The summed E-state index contributed by atoms with van der Waals surface area (Å²) >= 11 is 0. The maximum absolute atomic E-state index is 12.7. The van der Waals surface area contributed by atoms with Gasteiger partial charge in [-0.2, -0.15) is 4.31 Å². The minimum Gasteiger partial charge on any atom is -0.207 e. The number of rotatable bonds is 2. The summed E-state index contributed by atoms with van der Waals surface area (Å²) in [4.78, 5) is 0.469. The SMILES string of the molecule is Cc1ccc(C)c(S(=O)(=O)N2CCCC[C@H]2C)c1. The Morgan fingerprint density at radius 2 is 1.94 bits per heavy atom. The van der Waals surface area contributed by atoms with Gasteiger partial charge < -0.3 is 0 Å². The van der Waals surface area contributed by atoms with Gasteiger partial charge in [0.1, 0.15) is 0 Å². The van der Waals surface area contributed by atoms with Crippen LogP contribution in [-0.4, -0.2) is 25.3 Å². The summed E-state index contributed by atoms with van der Waals surface area (Å²) in [5.74, 6) is 0. The summed E-state index contributed by atoms with van der Waals surface area (Å²) in [7, 11) is -3.33. The van der Waals surface area contributed by atoms with E-state index in [2.05, 4.69) is 0 Å². The van der Waals surface area contributed by atoms with Crippen molar-refractivity contribution in [3.05, 3.63) is 29.3 Å². The lowest BCUT2D eigenvalue weighted by molar-refractivity contribution is 0.268. The fourth-order valence-corrected chi connectivity index (χ4v) is 4.55. The number of sulfonamides is 1. The summed E-state index contributed by atoms with van der Waals surface area (Å²) in [5.41, 5.74) is 1.82. The van der Waals surface area contributed by atoms with Crippen LogP contribution in [0.15, 0.2) is 23.1 Å². The van der Waals surface area contributed by atoms with Crippen molar-refractivity contribution in [1.82, 2.24) is 4.31 Å². The average molecular weight is 267 g/mol. The van der Waals surface area contributed by atoms with Crippen LogP contribution in [-0.2, 0) is 10.0 Å². The molecule has 0 bridgehead atoms. The van der Waals surface area contributed by atoms with E-state index < -0.39 is 10.0 Å². The third-order valence-electron chi connectivity index (χ3n) is 3.67. The molecule has 1 aromatic carbocycles. The third kappa shape index (κ3) is 2.45. The van der Waals surface area contributed by atoms with Gasteiger partial charge in [-0.1, -0.05) is 18.6 Å². The Kier molecular flexibility index (Phi) is 3.78. The smallest absolute Gasteiger partial charge is 0.207 e. The molecule has 0 unspecified atom stereocenters. The molecule has 0 saturated carbocycles. The second-order valence-corrected chi connectivity index (χ2v) is 7.09. The molecule has 1 fully saturated rings. The number of nitrogens with zero attached hydrogens (tertiary/aromatic N) is 1. The molecule has 0 aromatic heterocycles. The van der Waals surface area contributed by atoms with E-state index in [1.807, 2.05) is 32.9 Å². The maximum Gasteiger partial charge on any atom is 0.243 e. The standard InChI is InChI=1S/C14H21NO2S/c1-11-7-8-12(2)14(10-11)18(16,17)15-9-5-4-6-13(15)3/h7-8,10,13H,4-6,9H2,1-3H3/t13-/m1/s1. The predicted octanol–water partition coefficient (Wildman–Crippen LogP) is 2.87. The molecule has 100 valence electrons. The van der Waals surface area contributed by atoms with E-state index in [0.29, 0.717) is 11.4 Å². The van der Waals surface area contributed by atoms with Crippen LogP contribution >= 0.6 is 0 Å². The zero-order valence-electron chi connectivity index (χ0n) is 11.3. The first-order valence-electron chi connectivity index (χ1n) is 6.52. The van der Waals surface area contributed by atoms with Crippen molar-refractivity contribution in [3.63, 3.8) is 0 Å². The third-order valence-corrected chi connectivity index (χ3v) is 5.83. The van der Waals surface area contributed by atoms with E-state index >= 15 is 0 Å². The highest BCUT2D eigenvalue weighted by Gasteiger charge is 2.31. The van der Waals surface area contributed by atoms with Gasteiger partial charge >= 0.3 is 0 Å². The first-order valence-corrected chi connectivity index (χ1v) is 7.96. The van der Waals surface area contributed by atoms with Crippen molar-refractivity contribution >= 4 is 10.0 Å². The maximum atomic E-state index is 12.7. The Balaban J connectivity index is 2.44. The zero-order valence-corrected chi connectivity index (χ0v) is 12.1. The van der Waals surface area contributed by atoms with Crippen LogP contribution in [0.1, 0.15) is 37.3 Å². The normalized spacial score (nSPS) is 22.1. The highest BCUT2D eigenvalue weighted by molar-refractivity contribution is 7.89. The van der Waals surface area contributed by atoms with E-state index in [1.165, 1.54) is 0 Å². The van der Waals surface area contributed by atoms with Gasteiger partial charge in [-0.15, -0.1) is 0 Å². The summed E-state index contributed by atoms with van der Waals surface area (Å²) < 4.78 is 27.1. The monoisotopic (exact) mass is 267 g/mol. The Hall–Kier alpha value is -0.870. The number of aryl methyl sites for hydroxylation is 2. The fraction of sp³-hybridized carbons (Fsp3) is 0.571. The topological polar surface area (TPSA) is 37.4 Å². The van der Waals surface area contributed by atoms with Crippen molar-refractivity contribution in [2.75, 3.05) is 6.54 Å². The molecule has 0 aliphatic carbocycles. The van der Waals surface area contributed by atoms with Crippen LogP contribution in [0.25, 0.3) is 0 Å². The molecule has 2 rings (SSSR count). The van der Waals surface area contributed by atoms with Crippen molar-refractivity contribution in [3.8, 4) is 0 Å². The average Bonchev–Trinajstić information content (AvgIpc) is 2.32. The summed E-state index contributed by atoms with van der Waals surface area (Å²) in [5, 5.41) is 0. The molecule has 18 heavy (non-hydrogen) atoms. The van der Waals surface area contributed by atoms with Crippen molar-refractivity contribution in [2.24, 2.45) is 0 Å². The van der Waals surface area contributed by atoms with Crippen LogP contribution in [0.3, 0.4) is 0 Å². The predicted molar refractivity (Wildman–Crippen MR) is 73.1 cm³/mol. The quantitative estimate of drug-likeness (QED) is 0.826. The first-order chi connectivity index (χ1) is 8.43. The van der Waals surface area contributed by atoms with E-state index in [-0.39, 0.29) is 6.04 Å². The van der Waals surface area contributed by atoms with E-state index in [4.69, 9.17) is 0 Å². The van der Waals surface area contributed by atoms with Gasteiger partial charge in [0.2, 0.25) is 10.0 Å². The molecule has 1 aromatic rings. The Morgan fingerprint density at radius 3 is 2.61 bits per heavy atom. The molecule has 1 atom stereocenters. The van der Waals surface area contributed by atoms with Gasteiger partial charge in [-0.05, 0) is 50.8 Å². The van der Waals surface area contributed by atoms with Crippen LogP contribution in [0.5, 0.6) is 0 Å². The van der Waals surface area contributed by atoms with Crippen LogP contribution in [0.4, 0.5) is 0 Å². The lowest BCUT2D eigenvalue weighted by atomic mass is 10.1. The highest BCUT2D eigenvalue weighted by Crippen LogP contribution is 2.27. The first kappa shape index (κ1) is 13.6. The number of hydrogen-bond acceptors (Lipinski definition) is 2. The fourth-order valence-electron chi connectivity index (χ4n) is 2.54. The number of hydrogen-bond donors (Lipinski definition) is 0. The van der Waals surface area contributed by atoms with Crippen molar-refractivity contribution in [2.45, 2.75) is 51.0 Å². The second-order valence-electron chi connectivity index (χ2n) is 5.23. The van der Waals surface area contributed by atoms with Gasteiger partial charge in [0, 0.05) is 12.6 Å². The summed E-state index contributed by atoms with van der Waals surface area (Å²) in [6.45, 7) is 6.44. The minimum atomic E-state index is -3.33.